The molecule has 0 spiro atoms. The first-order valence-corrected chi connectivity index (χ1v) is 3.94. The van der Waals surface area contributed by atoms with Gasteiger partial charge in [0.05, 0.1) is 12.6 Å². The molecule has 1 rings (SSSR count). The van der Waals surface area contributed by atoms with Gasteiger partial charge in [-0.15, -0.1) is 11.3 Å². The lowest BCUT2D eigenvalue weighted by Gasteiger charge is -2.07. The average molecular weight is 158 g/mol. The highest BCUT2D eigenvalue weighted by Gasteiger charge is 2.08. The predicted octanol–water partition coefficient (Wildman–Crippen LogP) is 0.396. The zero-order valence-electron chi connectivity index (χ0n) is 5.74. The van der Waals surface area contributed by atoms with Crippen LogP contribution in [0, 0.1) is 0 Å². The summed E-state index contributed by atoms with van der Waals surface area (Å²) in [5, 5.41) is 14.6. The van der Waals surface area contributed by atoms with Crippen molar-refractivity contribution in [1.82, 2.24) is 10.3 Å². The van der Waals surface area contributed by atoms with Gasteiger partial charge in [0.2, 0.25) is 0 Å². The summed E-state index contributed by atoms with van der Waals surface area (Å²) in [5.74, 6) is 0. The van der Waals surface area contributed by atoms with Crippen LogP contribution in [0.3, 0.4) is 0 Å². The van der Waals surface area contributed by atoms with Gasteiger partial charge in [-0.05, 0) is 7.05 Å². The molecular formula is C6H10N2OS. The number of hydrogen-bond acceptors (Lipinski definition) is 4. The summed E-state index contributed by atoms with van der Waals surface area (Å²) in [6, 6.07) is -0.000000000000000444. The molecular weight excluding hydrogens is 148 g/mol. The van der Waals surface area contributed by atoms with E-state index in [1.807, 2.05) is 12.4 Å². The van der Waals surface area contributed by atoms with Crippen molar-refractivity contribution in [3.05, 3.63) is 16.6 Å². The highest BCUT2D eigenvalue weighted by molar-refractivity contribution is 7.09. The van der Waals surface area contributed by atoms with Gasteiger partial charge in [0.1, 0.15) is 5.01 Å². The van der Waals surface area contributed by atoms with Crippen LogP contribution in [0.1, 0.15) is 11.0 Å². The maximum Gasteiger partial charge on any atom is 0.112 e. The van der Waals surface area contributed by atoms with Crippen LogP contribution in [0.25, 0.3) is 0 Å². The number of aromatic nitrogens is 1. The second-order valence-electron chi connectivity index (χ2n) is 1.89. The van der Waals surface area contributed by atoms with E-state index in [2.05, 4.69) is 10.3 Å². The molecule has 1 unspecified atom stereocenters. The maximum absolute atomic E-state index is 8.80. The molecule has 1 aromatic rings. The molecule has 0 fully saturated rings. The number of likely N-dealkylation sites (N-methyl/N-ethyl adjacent to an activating group) is 1. The molecule has 1 aromatic heterocycles. The molecule has 0 aromatic carbocycles. The summed E-state index contributed by atoms with van der Waals surface area (Å²) in [6.07, 6.45) is 1.74. The molecule has 1 atom stereocenters. The molecule has 0 radical (unpaired) electrons. The van der Waals surface area contributed by atoms with Gasteiger partial charge in [-0.2, -0.15) is 0 Å². The van der Waals surface area contributed by atoms with Crippen LogP contribution in [0.4, 0.5) is 0 Å². The van der Waals surface area contributed by atoms with Crippen molar-refractivity contribution in [2.45, 2.75) is 6.04 Å². The highest BCUT2D eigenvalue weighted by Crippen LogP contribution is 2.13. The zero-order chi connectivity index (χ0) is 7.40. The van der Waals surface area contributed by atoms with Crippen LogP contribution in [-0.4, -0.2) is 23.7 Å². The Hall–Kier alpha value is -0.450. The third-order valence-electron chi connectivity index (χ3n) is 1.28. The number of rotatable bonds is 3. The number of nitrogens with one attached hydrogen (secondary N) is 1. The molecule has 0 aliphatic carbocycles. The summed E-state index contributed by atoms with van der Waals surface area (Å²) >= 11 is 1.55. The van der Waals surface area contributed by atoms with Crippen LogP contribution in [0.15, 0.2) is 11.6 Å². The number of aliphatic hydroxyl groups excluding tert-OH is 1. The molecule has 0 aliphatic heterocycles. The molecule has 3 nitrogen and oxygen atoms in total. The van der Waals surface area contributed by atoms with Crippen molar-refractivity contribution in [3.8, 4) is 0 Å². The number of thiazole rings is 1. The van der Waals surface area contributed by atoms with Crippen molar-refractivity contribution < 1.29 is 5.11 Å². The largest absolute Gasteiger partial charge is 0.394 e. The molecule has 0 bridgehead atoms. The summed E-state index contributed by atoms with van der Waals surface area (Å²) in [6.45, 7) is 0.101. The van der Waals surface area contributed by atoms with Crippen LogP contribution in [-0.2, 0) is 0 Å². The van der Waals surface area contributed by atoms with Gasteiger partial charge >= 0.3 is 0 Å². The van der Waals surface area contributed by atoms with Crippen LogP contribution in [0.5, 0.6) is 0 Å². The Labute approximate surface area is 63.7 Å². The quantitative estimate of drug-likeness (QED) is 0.669. The molecule has 10 heavy (non-hydrogen) atoms. The van der Waals surface area contributed by atoms with E-state index in [4.69, 9.17) is 5.11 Å². The monoisotopic (exact) mass is 158 g/mol. The predicted molar refractivity (Wildman–Crippen MR) is 41.0 cm³/mol. The Kier molecular flexibility index (Phi) is 2.80. The fraction of sp³-hybridized carbons (Fsp3) is 0.500. The second kappa shape index (κ2) is 3.65. The van der Waals surface area contributed by atoms with Gasteiger partial charge in [0.15, 0.2) is 0 Å². The minimum absolute atomic E-state index is 0.000000000000000444. The Morgan fingerprint density at radius 1 is 1.90 bits per heavy atom. The third kappa shape index (κ3) is 1.53. The van der Waals surface area contributed by atoms with E-state index in [1.165, 1.54) is 0 Å². The Bertz CT molecular complexity index is 172. The fourth-order valence-corrected chi connectivity index (χ4v) is 1.44. The van der Waals surface area contributed by atoms with E-state index >= 15 is 0 Å². The van der Waals surface area contributed by atoms with Gasteiger partial charge in [-0.3, -0.25) is 0 Å². The van der Waals surface area contributed by atoms with E-state index < -0.39 is 0 Å². The standard InChI is InChI=1S/C6H10N2OS/c1-7-5(4-9)6-8-2-3-10-6/h2-3,5,7,9H,4H2,1H3. The van der Waals surface area contributed by atoms with Gasteiger partial charge in [-0.1, -0.05) is 0 Å². The number of hydrogen-bond donors (Lipinski definition) is 2. The van der Waals surface area contributed by atoms with E-state index in [9.17, 15) is 0 Å². The minimum Gasteiger partial charge on any atom is -0.394 e. The third-order valence-corrected chi connectivity index (χ3v) is 2.17. The Balaban J connectivity index is 2.64. The first-order valence-electron chi connectivity index (χ1n) is 3.06. The lowest BCUT2D eigenvalue weighted by atomic mass is 10.3. The van der Waals surface area contributed by atoms with E-state index in [0.29, 0.717) is 0 Å². The molecule has 1 heterocycles. The smallest absolute Gasteiger partial charge is 0.112 e. The lowest BCUT2D eigenvalue weighted by molar-refractivity contribution is 0.250. The number of aliphatic hydroxyl groups is 1. The summed E-state index contributed by atoms with van der Waals surface area (Å²) in [7, 11) is 1.81. The van der Waals surface area contributed by atoms with Crippen LogP contribution >= 0.6 is 11.3 Å². The summed E-state index contributed by atoms with van der Waals surface area (Å²) < 4.78 is 0. The Morgan fingerprint density at radius 3 is 3.10 bits per heavy atom. The van der Waals surface area contributed by atoms with Crippen LogP contribution < -0.4 is 5.32 Å². The zero-order valence-corrected chi connectivity index (χ0v) is 6.56. The molecule has 0 aliphatic rings. The SMILES string of the molecule is CNC(CO)c1nccs1. The van der Waals surface area contributed by atoms with Crippen molar-refractivity contribution in [2.75, 3.05) is 13.7 Å². The van der Waals surface area contributed by atoms with E-state index in [-0.39, 0.29) is 12.6 Å². The van der Waals surface area contributed by atoms with Gasteiger partial charge in [0.25, 0.3) is 0 Å². The second-order valence-corrected chi connectivity index (χ2v) is 2.82. The Morgan fingerprint density at radius 2 is 2.70 bits per heavy atom. The summed E-state index contributed by atoms with van der Waals surface area (Å²) in [5.41, 5.74) is 0. The molecule has 0 saturated heterocycles. The molecule has 2 N–H and O–H groups in total. The van der Waals surface area contributed by atoms with Crippen molar-refractivity contribution in [3.63, 3.8) is 0 Å². The average Bonchev–Trinajstić information content (AvgIpc) is 2.43. The molecule has 0 saturated carbocycles. The fourth-order valence-electron chi connectivity index (χ4n) is 0.699. The van der Waals surface area contributed by atoms with Crippen molar-refractivity contribution >= 4 is 11.3 Å². The van der Waals surface area contributed by atoms with E-state index in [1.54, 1.807) is 17.5 Å². The van der Waals surface area contributed by atoms with Crippen LogP contribution in [0.2, 0.25) is 0 Å². The first-order chi connectivity index (χ1) is 4.88. The summed E-state index contributed by atoms with van der Waals surface area (Å²) in [4.78, 5) is 4.05. The number of nitrogens with zero attached hydrogens (tertiary/aromatic N) is 1. The van der Waals surface area contributed by atoms with E-state index in [0.717, 1.165) is 5.01 Å². The first kappa shape index (κ1) is 7.65. The topological polar surface area (TPSA) is 45.1 Å². The maximum atomic E-state index is 8.80. The van der Waals surface area contributed by atoms with Crippen molar-refractivity contribution in [1.29, 1.82) is 0 Å². The van der Waals surface area contributed by atoms with Gasteiger partial charge in [-0.25, -0.2) is 4.98 Å². The lowest BCUT2D eigenvalue weighted by Crippen LogP contribution is -2.19. The van der Waals surface area contributed by atoms with Gasteiger partial charge in [0, 0.05) is 11.6 Å². The minimum atomic E-state index is -0.000000000000000444. The van der Waals surface area contributed by atoms with Gasteiger partial charge < -0.3 is 10.4 Å². The molecule has 56 valence electrons. The molecule has 4 heteroatoms. The normalized spacial score (nSPS) is 13.4. The van der Waals surface area contributed by atoms with Crippen molar-refractivity contribution in [2.24, 2.45) is 0 Å². The highest BCUT2D eigenvalue weighted by atomic mass is 32.1. The molecule has 0 amide bonds.